The third-order valence-corrected chi connectivity index (χ3v) is 4.23. The molecule has 1 aromatic carbocycles. The highest BCUT2D eigenvalue weighted by Gasteiger charge is 2.27. The lowest BCUT2D eigenvalue weighted by Gasteiger charge is -2.27. The van der Waals surface area contributed by atoms with Crippen LogP contribution in [-0.4, -0.2) is 39.5 Å². The van der Waals surface area contributed by atoms with Crippen molar-refractivity contribution in [2.24, 2.45) is 5.92 Å². The van der Waals surface area contributed by atoms with Gasteiger partial charge in [0.15, 0.2) is 11.4 Å². The van der Waals surface area contributed by atoms with Crippen LogP contribution in [0.4, 0.5) is 0 Å². The Labute approximate surface area is 148 Å². The number of aromatic nitrogens is 2. The van der Waals surface area contributed by atoms with E-state index in [-0.39, 0.29) is 24.1 Å². The Kier molecular flexibility index (Phi) is 6.20. The summed E-state index contributed by atoms with van der Waals surface area (Å²) in [6.45, 7) is 8.17. The van der Waals surface area contributed by atoms with E-state index in [2.05, 4.69) is 10.4 Å². The Balaban J connectivity index is 2.22. The lowest BCUT2D eigenvalue weighted by molar-refractivity contribution is 0.0141. The number of amides is 1. The Morgan fingerprint density at radius 3 is 2.64 bits per heavy atom. The van der Waals surface area contributed by atoms with E-state index in [1.807, 2.05) is 51.1 Å². The van der Waals surface area contributed by atoms with Gasteiger partial charge in [0, 0.05) is 6.54 Å². The summed E-state index contributed by atoms with van der Waals surface area (Å²) < 4.78 is 7.31. The molecule has 0 aliphatic heterocycles. The van der Waals surface area contributed by atoms with E-state index in [1.165, 1.54) is 0 Å². The van der Waals surface area contributed by atoms with E-state index in [1.54, 1.807) is 17.8 Å². The summed E-state index contributed by atoms with van der Waals surface area (Å²) in [5.41, 5.74) is 0.0798. The minimum Gasteiger partial charge on any atom is -0.489 e. The van der Waals surface area contributed by atoms with Crippen LogP contribution in [-0.2, 0) is 0 Å². The predicted molar refractivity (Wildman–Crippen MR) is 97.1 cm³/mol. The van der Waals surface area contributed by atoms with Gasteiger partial charge in [-0.15, -0.1) is 0 Å². The predicted octanol–water partition coefficient (Wildman–Crippen LogP) is 2.80. The SMILES string of the molecule is CCCOc1cn(-c2ccccc2)nc1C(=O)NCC(C)(O)C(C)C. The summed E-state index contributed by atoms with van der Waals surface area (Å²) >= 11 is 0. The molecule has 0 radical (unpaired) electrons. The number of hydrogen-bond donors (Lipinski definition) is 2. The van der Waals surface area contributed by atoms with Crippen LogP contribution in [0.15, 0.2) is 36.5 Å². The number of carbonyl (C=O) groups excluding carboxylic acids is 1. The maximum Gasteiger partial charge on any atom is 0.275 e. The first-order chi connectivity index (χ1) is 11.8. The van der Waals surface area contributed by atoms with Crippen LogP contribution in [0.5, 0.6) is 5.75 Å². The van der Waals surface area contributed by atoms with Gasteiger partial charge in [-0.2, -0.15) is 5.10 Å². The number of hydrogen-bond acceptors (Lipinski definition) is 4. The number of ether oxygens (including phenoxy) is 1. The van der Waals surface area contributed by atoms with Gasteiger partial charge in [-0.1, -0.05) is 39.0 Å². The van der Waals surface area contributed by atoms with Gasteiger partial charge in [0.05, 0.1) is 24.1 Å². The highest BCUT2D eigenvalue weighted by Crippen LogP contribution is 2.21. The molecule has 25 heavy (non-hydrogen) atoms. The number of carbonyl (C=O) groups is 1. The molecule has 0 aliphatic carbocycles. The number of para-hydroxylation sites is 1. The fourth-order valence-electron chi connectivity index (χ4n) is 2.09. The second kappa shape index (κ2) is 8.16. The average Bonchev–Trinajstić information content (AvgIpc) is 3.03. The fraction of sp³-hybridized carbons (Fsp3) is 0.474. The van der Waals surface area contributed by atoms with Crippen molar-refractivity contribution in [1.82, 2.24) is 15.1 Å². The van der Waals surface area contributed by atoms with Crippen molar-refractivity contribution in [3.63, 3.8) is 0 Å². The molecule has 6 heteroatoms. The minimum atomic E-state index is -0.984. The topological polar surface area (TPSA) is 76.4 Å². The molecule has 0 bridgehead atoms. The molecule has 2 N–H and O–H groups in total. The zero-order chi connectivity index (χ0) is 18.4. The Morgan fingerprint density at radius 2 is 2.04 bits per heavy atom. The normalized spacial score (nSPS) is 13.5. The first-order valence-electron chi connectivity index (χ1n) is 8.63. The molecule has 0 saturated heterocycles. The number of nitrogens with zero attached hydrogens (tertiary/aromatic N) is 2. The van der Waals surface area contributed by atoms with Crippen molar-refractivity contribution in [1.29, 1.82) is 0 Å². The molecule has 1 atom stereocenters. The van der Waals surface area contributed by atoms with Gasteiger partial charge in [0.1, 0.15) is 0 Å². The molecule has 2 aromatic rings. The van der Waals surface area contributed by atoms with E-state index in [0.717, 1.165) is 12.1 Å². The molecule has 0 saturated carbocycles. The van der Waals surface area contributed by atoms with Crippen molar-refractivity contribution in [2.75, 3.05) is 13.2 Å². The van der Waals surface area contributed by atoms with Gasteiger partial charge in [0.2, 0.25) is 0 Å². The Bertz CT molecular complexity index is 693. The highest BCUT2D eigenvalue weighted by atomic mass is 16.5. The van der Waals surface area contributed by atoms with Gasteiger partial charge in [-0.25, -0.2) is 4.68 Å². The molecular weight excluding hydrogens is 318 g/mol. The second-order valence-electron chi connectivity index (χ2n) is 6.67. The van der Waals surface area contributed by atoms with Crippen LogP contribution in [0, 0.1) is 5.92 Å². The average molecular weight is 345 g/mol. The lowest BCUT2D eigenvalue weighted by Crippen LogP contribution is -2.44. The molecule has 1 heterocycles. The highest BCUT2D eigenvalue weighted by molar-refractivity contribution is 5.95. The molecule has 0 aliphatic rings. The molecule has 1 unspecified atom stereocenters. The van der Waals surface area contributed by atoms with Crippen LogP contribution in [0.1, 0.15) is 44.6 Å². The van der Waals surface area contributed by atoms with Crippen LogP contribution in [0.3, 0.4) is 0 Å². The Hall–Kier alpha value is -2.34. The van der Waals surface area contributed by atoms with Crippen molar-refractivity contribution in [3.8, 4) is 11.4 Å². The monoisotopic (exact) mass is 345 g/mol. The van der Waals surface area contributed by atoms with Gasteiger partial charge >= 0.3 is 0 Å². The van der Waals surface area contributed by atoms with Crippen molar-refractivity contribution in [3.05, 3.63) is 42.2 Å². The molecule has 0 spiro atoms. The maximum absolute atomic E-state index is 12.6. The molecule has 0 fully saturated rings. The summed E-state index contributed by atoms with van der Waals surface area (Å²) in [6, 6.07) is 9.54. The zero-order valence-corrected chi connectivity index (χ0v) is 15.3. The first-order valence-corrected chi connectivity index (χ1v) is 8.63. The second-order valence-corrected chi connectivity index (χ2v) is 6.67. The quantitative estimate of drug-likeness (QED) is 0.771. The fourth-order valence-corrected chi connectivity index (χ4v) is 2.09. The molecule has 1 aromatic heterocycles. The molecule has 1 amide bonds. The van der Waals surface area contributed by atoms with E-state index >= 15 is 0 Å². The van der Waals surface area contributed by atoms with Crippen LogP contribution in [0.25, 0.3) is 5.69 Å². The maximum atomic E-state index is 12.6. The minimum absolute atomic E-state index is 0.0190. The number of nitrogens with one attached hydrogen (secondary N) is 1. The third-order valence-electron chi connectivity index (χ3n) is 4.23. The first kappa shape index (κ1) is 19.0. The molecular formula is C19H27N3O3. The van der Waals surface area contributed by atoms with E-state index < -0.39 is 5.60 Å². The lowest BCUT2D eigenvalue weighted by atomic mass is 9.92. The summed E-state index contributed by atoms with van der Waals surface area (Å²) in [6.07, 6.45) is 2.54. The van der Waals surface area contributed by atoms with E-state index in [0.29, 0.717) is 12.4 Å². The molecule has 136 valence electrons. The number of rotatable bonds is 8. The van der Waals surface area contributed by atoms with Crippen LogP contribution < -0.4 is 10.1 Å². The molecule has 2 rings (SSSR count). The van der Waals surface area contributed by atoms with Gasteiger partial charge < -0.3 is 15.2 Å². The summed E-state index contributed by atoms with van der Waals surface area (Å²) in [5, 5.41) is 17.4. The van der Waals surface area contributed by atoms with Gasteiger partial charge in [-0.3, -0.25) is 4.79 Å². The van der Waals surface area contributed by atoms with Crippen molar-refractivity contribution in [2.45, 2.75) is 39.7 Å². The summed E-state index contributed by atoms with van der Waals surface area (Å²) in [5.74, 6) is 0.0968. The smallest absolute Gasteiger partial charge is 0.275 e. The number of benzene rings is 1. The van der Waals surface area contributed by atoms with Gasteiger partial charge in [-0.05, 0) is 31.4 Å². The largest absolute Gasteiger partial charge is 0.489 e. The van der Waals surface area contributed by atoms with Gasteiger partial charge in [0.25, 0.3) is 5.91 Å². The Morgan fingerprint density at radius 1 is 1.36 bits per heavy atom. The van der Waals surface area contributed by atoms with E-state index in [9.17, 15) is 9.90 Å². The van der Waals surface area contributed by atoms with Crippen molar-refractivity contribution >= 4 is 5.91 Å². The summed E-state index contributed by atoms with van der Waals surface area (Å²) in [4.78, 5) is 12.6. The molecule has 6 nitrogen and oxygen atoms in total. The van der Waals surface area contributed by atoms with E-state index in [4.69, 9.17) is 4.74 Å². The van der Waals surface area contributed by atoms with Crippen molar-refractivity contribution < 1.29 is 14.6 Å². The summed E-state index contributed by atoms with van der Waals surface area (Å²) in [7, 11) is 0. The van der Waals surface area contributed by atoms with Crippen LogP contribution >= 0.6 is 0 Å². The standard InChI is InChI=1S/C19H27N3O3/c1-5-11-25-16-12-22(15-9-7-6-8-10-15)21-17(16)18(23)20-13-19(4,24)14(2)3/h6-10,12,14,24H,5,11,13H2,1-4H3,(H,20,23). The number of aliphatic hydroxyl groups is 1. The third kappa shape index (κ3) is 4.82. The van der Waals surface area contributed by atoms with Crippen LogP contribution in [0.2, 0.25) is 0 Å². The zero-order valence-electron chi connectivity index (χ0n) is 15.3.